The van der Waals surface area contributed by atoms with E-state index in [0.717, 1.165) is 0 Å². The highest BCUT2D eigenvalue weighted by molar-refractivity contribution is 5.99. The van der Waals surface area contributed by atoms with Crippen LogP contribution in [-0.2, 0) is 9.53 Å². The summed E-state index contributed by atoms with van der Waals surface area (Å²) in [5.74, 6) is -0.836. The van der Waals surface area contributed by atoms with Gasteiger partial charge < -0.3 is 10.1 Å². The zero-order valence-electron chi connectivity index (χ0n) is 12.0. The first-order valence-corrected chi connectivity index (χ1v) is 6.65. The van der Waals surface area contributed by atoms with Gasteiger partial charge in [-0.3, -0.25) is 19.7 Å². The summed E-state index contributed by atoms with van der Waals surface area (Å²) >= 11 is 0. The van der Waals surface area contributed by atoms with E-state index in [0.29, 0.717) is 18.6 Å². The predicted octanol–water partition coefficient (Wildman–Crippen LogP) is 1.98. The average molecular weight is 294 g/mol. The van der Waals surface area contributed by atoms with Gasteiger partial charge in [-0.2, -0.15) is 0 Å². The van der Waals surface area contributed by atoms with E-state index >= 15 is 0 Å². The molecule has 7 heteroatoms. The molecule has 1 aromatic rings. The zero-order valence-corrected chi connectivity index (χ0v) is 12.0. The average Bonchev–Trinajstić information content (AvgIpc) is 2.43. The van der Waals surface area contributed by atoms with Gasteiger partial charge in [0.25, 0.3) is 11.6 Å². The molecular weight excluding hydrogens is 276 g/mol. The van der Waals surface area contributed by atoms with Crippen LogP contribution in [0.15, 0.2) is 18.2 Å². The minimum absolute atomic E-state index is 0.0543. The normalized spacial score (nSPS) is 10.0. The number of carbonyl (C=O) groups is 2. The third kappa shape index (κ3) is 4.87. The second-order valence-electron chi connectivity index (χ2n) is 4.39. The molecule has 21 heavy (non-hydrogen) atoms. The molecular formula is C14H18N2O5. The number of nitrogens with one attached hydrogen (secondary N) is 1. The van der Waals surface area contributed by atoms with Gasteiger partial charge in [0.05, 0.1) is 11.5 Å². The lowest BCUT2D eigenvalue weighted by molar-refractivity contribution is -0.385. The van der Waals surface area contributed by atoms with E-state index in [4.69, 9.17) is 4.74 Å². The molecule has 1 N–H and O–H groups in total. The van der Waals surface area contributed by atoms with Gasteiger partial charge in [0, 0.05) is 19.0 Å². The van der Waals surface area contributed by atoms with Crippen molar-refractivity contribution in [1.82, 2.24) is 5.32 Å². The Bertz CT molecular complexity index is 542. The lowest BCUT2D eigenvalue weighted by Crippen LogP contribution is -2.26. The van der Waals surface area contributed by atoms with Crippen molar-refractivity contribution in [3.05, 3.63) is 39.4 Å². The molecule has 0 saturated carbocycles. The van der Waals surface area contributed by atoms with Gasteiger partial charge >= 0.3 is 5.97 Å². The van der Waals surface area contributed by atoms with Crippen LogP contribution in [0.3, 0.4) is 0 Å². The molecule has 0 radical (unpaired) electrons. The Morgan fingerprint density at radius 2 is 2.10 bits per heavy atom. The van der Waals surface area contributed by atoms with Crippen molar-refractivity contribution in [2.75, 3.05) is 13.2 Å². The lowest BCUT2D eigenvalue weighted by Gasteiger charge is -2.08. The van der Waals surface area contributed by atoms with Gasteiger partial charge in [-0.1, -0.05) is 12.1 Å². The fraction of sp³-hybridized carbons (Fsp3) is 0.429. The lowest BCUT2D eigenvalue weighted by atomic mass is 10.1. The van der Waals surface area contributed by atoms with Crippen LogP contribution in [0.5, 0.6) is 0 Å². The first kappa shape index (κ1) is 16.6. The summed E-state index contributed by atoms with van der Waals surface area (Å²) in [6.07, 6.45) is 0.619. The minimum Gasteiger partial charge on any atom is -0.466 e. The first-order chi connectivity index (χ1) is 9.97. The van der Waals surface area contributed by atoms with Gasteiger partial charge in [0.15, 0.2) is 0 Å². The molecule has 0 atom stereocenters. The molecule has 0 aliphatic rings. The maximum Gasteiger partial charge on any atom is 0.305 e. The van der Waals surface area contributed by atoms with Crippen LogP contribution < -0.4 is 5.32 Å². The van der Waals surface area contributed by atoms with Crippen molar-refractivity contribution in [2.45, 2.75) is 26.7 Å². The summed E-state index contributed by atoms with van der Waals surface area (Å²) in [6, 6.07) is 4.46. The molecule has 7 nitrogen and oxygen atoms in total. The monoisotopic (exact) mass is 294 g/mol. The number of amides is 1. The maximum absolute atomic E-state index is 12.0. The van der Waals surface area contributed by atoms with Crippen molar-refractivity contribution < 1.29 is 19.2 Å². The van der Waals surface area contributed by atoms with Crippen LogP contribution in [0, 0.1) is 17.0 Å². The molecule has 0 aliphatic carbocycles. The van der Waals surface area contributed by atoms with E-state index < -0.39 is 10.8 Å². The molecule has 0 fully saturated rings. The maximum atomic E-state index is 12.0. The number of esters is 1. The smallest absolute Gasteiger partial charge is 0.305 e. The van der Waals surface area contributed by atoms with Crippen molar-refractivity contribution in [2.24, 2.45) is 0 Å². The first-order valence-electron chi connectivity index (χ1n) is 6.65. The summed E-state index contributed by atoms with van der Waals surface area (Å²) in [5.41, 5.74) is 0.364. The number of aryl methyl sites for hydroxylation is 1. The van der Waals surface area contributed by atoms with E-state index in [1.165, 1.54) is 12.1 Å². The molecule has 1 rings (SSSR count). The molecule has 114 valence electrons. The highest BCUT2D eigenvalue weighted by Crippen LogP contribution is 2.21. The zero-order chi connectivity index (χ0) is 15.8. The van der Waals surface area contributed by atoms with Gasteiger partial charge in [0.1, 0.15) is 5.56 Å². The Kier molecular flexibility index (Phi) is 6.32. The van der Waals surface area contributed by atoms with E-state index in [-0.39, 0.29) is 30.2 Å². The number of hydrogen-bond donors (Lipinski definition) is 1. The molecule has 0 heterocycles. The largest absolute Gasteiger partial charge is 0.466 e. The number of benzene rings is 1. The van der Waals surface area contributed by atoms with E-state index in [1.807, 2.05) is 0 Å². The molecule has 0 saturated heterocycles. The molecule has 1 amide bonds. The van der Waals surface area contributed by atoms with E-state index in [2.05, 4.69) is 5.32 Å². The van der Waals surface area contributed by atoms with Crippen molar-refractivity contribution in [3.8, 4) is 0 Å². The summed E-state index contributed by atoms with van der Waals surface area (Å²) in [5, 5.41) is 13.5. The van der Waals surface area contributed by atoms with Crippen LogP contribution in [0.1, 0.15) is 35.7 Å². The Labute approximate surface area is 122 Å². The third-order valence-electron chi connectivity index (χ3n) is 2.82. The SMILES string of the molecule is CCOC(=O)CCCNC(=O)c1c(C)cccc1[N+](=O)[O-]. The number of hydrogen-bond acceptors (Lipinski definition) is 5. The Balaban J connectivity index is 2.61. The van der Waals surface area contributed by atoms with Crippen molar-refractivity contribution in [3.63, 3.8) is 0 Å². The second kappa shape index (κ2) is 7.98. The van der Waals surface area contributed by atoms with Crippen LogP contribution in [0.25, 0.3) is 0 Å². The molecule has 0 aromatic heterocycles. The number of nitrogens with zero attached hydrogens (tertiary/aromatic N) is 1. The summed E-state index contributed by atoms with van der Waals surface area (Å²) in [7, 11) is 0. The van der Waals surface area contributed by atoms with Crippen molar-refractivity contribution >= 4 is 17.6 Å². The molecule has 0 bridgehead atoms. The van der Waals surface area contributed by atoms with Gasteiger partial charge in [-0.25, -0.2) is 0 Å². The summed E-state index contributed by atoms with van der Waals surface area (Å²) < 4.78 is 4.76. The summed E-state index contributed by atoms with van der Waals surface area (Å²) in [6.45, 7) is 3.93. The number of nitro groups is 1. The van der Waals surface area contributed by atoms with Crippen LogP contribution in [0.2, 0.25) is 0 Å². The third-order valence-corrected chi connectivity index (χ3v) is 2.82. The Hall–Kier alpha value is -2.44. The topological polar surface area (TPSA) is 98.5 Å². The number of rotatable bonds is 7. The van der Waals surface area contributed by atoms with Crippen molar-refractivity contribution in [1.29, 1.82) is 0 Å². The molecule has 0 spiro atoms. The number of nitro benzene ring substituents is 1. The minimum atomic E-state index is -0.583. The van der Waals surface area contributed by atoms with Crippen LogP contribution >= 0.6 is 0 Å². The van der Waals surface area contributed by atoms with Gasteiger partial charge in [-0.15, -0.1) is 0 Å². The van der Waals surface area contributed by atoms with Crippen LogP contribution in [-0.4, -0.2) is 30.0 Å². The standard InChI is InChI=1S/C14H18N2O5/c1-3-21-12(17)8-5-9-15-14(18)13-10(2)6-4-7-11(13)16(19)20/h4,6-7H,3,5,8-9H2,1-2H3,(H,15,18). The highest BCUT2D eigenvalue weighted by Gasteiger charge is 2.21. The highest BCUT2D eigenvalue weighted by atomic mass is 16.6. The van der Waals surface area contributed by atoms with Crippen LogP contribution in [0.4, 0.5) is 5.69 Å². The second-order valence-corrected chi connectivity index (χ2v) is 4.39. The molecule has 0 unspecified atom stereocenters. The quantitative estimate of drug-likeness (QED) is 0.359. The predicted molar refractivity (Wildman–Crippen MR) is 76.0 cm³/mol. The van der Waals surface area contributed by atoms with Gasteiger partial charge in [0.2, 0.25) is 0 Å². The summed E-state index contributed by atoms with van der Waals surface area (Å²) in [4.78, 5) is 33.5. The Morgan fingerprint density at radius 3 is 2.71 bits per heavy atom. The molecule has 0 aliphatic heterocycles. The van der Waals surface area contributed by atoms with E-state index in [9.17, 15) is 19.7 Å². The fourth-order valence-corrected chi connectivity index (χ4v) is 1.86. The van der Waals surface area contributed by atoms with Gasteiger partial charge in [-0.05, 0) is 25.8 Å². The fourth-order valence-electron chi connectivity index (χ4n) is 1.86. The number of carbonyl (C=O) groups excluding carboxylic acids is 2. The Morgan fingerprint density at radius 1 is 1.38 bits per heavy atom. The number of ether oxygens (including phenoxy) is 1. The molecule has 1 aromatic carbocycles. The van der Waals surface area contributed by atoms with E-state index in [1.54, 1.807) is 19.9 Å².